The molecule has 1 aromatic carbocycles. The third-order valence-electron chi connectivity index (χ3n) is 2.17. The van der Waals surface area contributed by atoms with Gasteiger partial charge in [0.1, 0.15) is 0 Å². The van der Waals surface area contributed by atoms with Crippen LogP contribution in [0.15, 0.2) is 36.4 Å². The Bertz CT molecular complexity index is 452. The summed E-state index contributed by atoms with van der Waals surface area (Å²) in [4.78, 5) is 1.27. The molecule has 0 fully saturated rings. The highest BCUT2D eigenvalue weighted by molar-refractivity contribution is 14.1. The van der Waals surface area contributed by atoms with E-state index in [0.29, 0.717) is 0 Å². The van der Waals surface area contributed by atoms with Crippen LogP contribution in [0.4, 0.5) is 0 Å². The van der Waals surface area contributed by atoms with Gasteiger partial charge in [-0.3, -0.25) is 0 Å². The molecule has 0 aliphatic heterocycles. The molecular weight excluding hydrogens is 353 g/mol. The van der Waals surface area contributed by atoms with E-state index in [-0.39, 0.29) is 0 Å². The Labute approximate surface area is 118 Å². The zero-order valence-electron chi connectivity index (χ0n) is 8.54. The van der Waals surface area contributed by atoms with Gasteiger partial charge in [0.15, 0.2) is 0 Å². The Balaban J connectivity index is 1.82. The smallest absolute Gasteiger partial charge is 0.0931 e. The van der Waals surface area contributed by atoms with Crippen molar-refractivity contribution in [3.63, 3.8) is 0 Å². The van der Waals surface area contributed by atoms with Crippen molar-refractivity contribution in [3.05, 3.63) is 54.7 Å². The van der Waals surface area contributed by atoms with Gasteiger partial charge in [0.25, 0.3) is 0 Å². The number of benzene rings is 1. The van der Waals surface area contributed by atoms with Crippen molar-refractivity contribution in [3.8, 4) is 0 Å². The molecule has 0 unspecified atom stereocenters. The van der Waals surface area contributed by atoms with Gasteiger partial charge >= 0.3 is 0 Å². The first-order chi connectivity index (χ1) is 7.74. The molecule has 4 heteroatoms. The fourth-order valence-electron chi connectivity index (χ4n) is 1.38. The van der Waals surface area contributed by atoms with E-state index in [1.165, 1.54) is 14.0 Å². The largest absolute Gasteiger partial charge is 0.308 e. The Morgan fingerprint density at radius 2 is 1.81 bits per heavy atom. The Kier molecular flexibility index (Phi) is 4.64. The predicted molar refractivity (Wildman–Crippen MR) is 79.0 cm³/mol. The summed E-state index contributed by atoms with van der Waals surface area (Å²) in [5.74, 6) is 0. The second kappa shape index (κ2) is 6.00. The van der Waals surface area contributed by atoms with Crippen LogP contribution < -0.4 is 5.32 Å². The highest BCUT2D eigenvalue weighted by Crippen LogP contribution is 2.21. The summed E-state index contributed by atoms with van der Waals surface area (Å²) in [6.07, 6.45) is 0. The standard InChI is InChI=1S/C12H11ClINS/c13-12-6-5-11(16-12)8-15-7-9-1-3-10(14)4-2-9/h1-6,15H,7-8H2. The summed E-state index contributed by atoms with van der Waals surface area (Å²) in [7, 11) is 0. The Hall–Kier alpha value is -0.100. The predicted octanol–water partition coefficient (Wildman–Crippen LogP) is 4.30. The molecule has 1 heterocycles. The molecular formula is C12H11ClINS. The van der Waals surface area contributed by atoms with Crippen LogP contribution in [-0.4, -0.2) is 0 Å². The van der Waals surface area contributed by atoms with Gasteiger partial charge < -0.3 is 5.32 Å². The zero-order chi connectivity index (χ0) is 11.4. The van der Waals surface area contributed by atoms with Gasteiger partial charge in [-0.2, -0.15) is 0 Å². The van der Waals surface area contributed by atoms with Gasteiger partial charge in [-0.25, -0.2) is 0 Å². The van der Waals surface area contributed by atoms with E-state index in [1.54, 1.807) is 11.3 Å². The monoisotopic (exact) mass is 363 g/mol. The van der Waals surface area contributed by atoms with Crippen LogP contribution in [0.3, 0.4) is 0 Å². The molecule has 1 N–H and O–H groups in total. The first kappa shape index (κ1) is 12.4. The van der Waals surface area contributed by atoms with Gasteiger partial charge in [-0.1, -0.05) is 23.7 Å². The molecule has 2 aromatic rings. The lowest BCUT2D eigenvalue weighted by Gasteiger charge is -2.03. The molecule has 2 rings (SSSR count). The molecule has 84 valence electrons. The van der Waals surface area contributed by atoms with Crippen molar-refractivity contribution in [2.45, 2.75) is 13.1 Å². The normalized spacial score (nSPS) is 10.6. The summed E-state index contributed by atoms with van der Waals surface area (Å²) < 4.78 is 2.12. The lowest BCUT2D eigenvalue weighted by molar-refractivity contribution is 0.701. The summed E-state index contributed by atoms with van der Waals surface area (Å²) in [6.45, 7) is 1.77. The van der Waals surface area contributed by atoms with Gasteiger partial charge in [0.2, 0.25) is 0 Å². The number of halogens is 2. The average molecular weight is 364 g/mol. The Morgan fingerprint density at radius 3 is 2.44 bits per heavy atom. The fraction of sp³-hybridized carbons (Fsp3) is 0.167. The second-order valence-corrected chi connectivity index (χ2v) is 6.48. The number of nitrogens with one attached hydrogen (secondary N) is 1. The SMILES string of the molecule is Clc1ccc(CNCc2ccc(I)cc2)s1. The molecule has 1 nitrogen and oxygen atoms in total. The highest BCUT2D eigenvalue weighted by atomic mass is 127. The molecule has 1 aromatic heterocycles. The molecule has 0 saturated carbocycles. The molecule has 16 heavy (non-hydrogen) atoms. The minimum absolute atomic E-state index is 0.853. The number of hydrogen-bond donors (Lipinski definition) is 1. The first-order valence-corrected chi connectivity index (χ1v) is 7.21. The van der Waals surface area contributed by atoms with Gasteiger partial charge in [0, 0.05) is 21.5 Å². The zero-order valence-corrected chi connectivity index (χ0v) is 12.3. The van der Waals surface area contributed by atoms with Gasteiger partial charge in [0.05, 0.1) is 4.34 Å². The van der Waals surface area contributed by atoms with E-state index < -0.39 is 0 Å². The topological polar surface area (TPSA) is 12.0 Å². The van der Waals surface area contributed by atoms with Crippen LogP contribution in [0.1, 0.15) is 10.4 Å². The van der Waals surface area contributed by atoms with Crippen molar-refractivity contribution in [2.75, 3.05) is 0 Å². The summed E-state index contributed by atoms with van der Waals surface area (Å²) >= 11 is 9.80. The van der Waals surface area contributed by atoms with Gasteiger partial charge in [-0.15, -0.1) is 11.3 Å². The Morgan fingerprint density at radius 1 is 1.06 bits per heavy atom. The molecule has 0 spiro atoms. The van der Waals surface area contributed by atoms with Crippen LogP contribution in [0, 0.1) is 3.57 Å². The van der Waals surface area contributed by atoms with E-state index in [2.05, 4.69) is 58.2 Å². The number of thiophene rings is 1. The average Bonchev–Trinajstić information content (AvgIpc) is 2.67. The van der Waals surface area contributed by atoms with Crippen LogP contribution in [-0.2, 0) is 13.1 Å². The summed E-state index contributed by atoms with van der Waals surface area (Å²) in [5.41, 5.74) is 1.31. The maximum absolute atomic E-state index is 5.86. The van der Waals surface area contributed by atoms with E-state index in [0.717, 1.165) is 17.4 Å². The molecule has 0 atom stereocenters. The highest BCUT2D eigenvalue weighted by Gasteiger charge is 1.97. The van der Waals surface area contributed by atoms with Crippen LogP contribution in [0.5, 0.6) is 0 Å². The molecule has 0 bridgehead atoms. The van der Waals surface area contributed by atoms with E-state index in [9.17, 15) is 0 Å². The molecule has 0 amide bonds. The van der Waals surface area contributed by atoms with Crippen molar-refractivity contribution in [1.29, 1.82) is 0 Å². The van der Waals surface area contributed by atoms with Gasteiger partial charge in [-0.05, 0) is 52.4 Å². The molecule has 0 radical (unpaired) electrons. The molecule has 0 aliphatic rings. The summed E-state index contributed by atoms with van der Waals surface area (Å²) in [6, 6.07) is 12.5. The van der Waals surface area contributed by atoms with E-state index in [4.69, 9.17) is 11.6 Å². The minimum atomic E-state index is 0.853. The second-order valence-electron chi connectivity index (χ2n) is 3.44. The third kappa shape index (κ3) is 3.73. The molecule has 0 saturated heterocycles. The lowest BCUT2D eigenvalue weighted by Crippen LogP contribution is -2.11. The maximum Gasteiger partial charge on any atom is 0.0931 e. The van der Waals surface area contributed by atoms with E-state index in [1.807, 2.05) is 6.07 Å². The minimum Gasteiger partial charge on any atom is -0.308 e. The van der Waals surface area contributed by atoms with Crippen molar-refractivity contribution >= 4 is 45.5 Å². The lowest BCUT2D eigenvalue weighted by atomic mass is 10.2. The fourth-order valence-corrected chi connectivity index (χ4v) is 2.80. The molecule has 0 aliphatic carbocycles. The quantitative estimate of drug-likeness (QED) is 0.799. The van der Waals surface area contributed by atoms with E-state index >= 15 is 0 Å². The maximum atomic E-state index is 5.86. The van der Waals surface area contributed by atoms with Crippen LogP contribution in [0.2, 0.25) is 4.34 Å². The van der Waals surface area contributed by atoms with Crippen LogP contribution in [0.25, 0.3) is 0 Å². The summed E-state index contributed by atoms with van der Waals surface area (Å²) in [5, 5.41) is 3.40. The van der Waals surface area contributed by atoms with Crippen molar-refractivity contribution < 1.29 is 0 Å². The number of rotatable bonds is 4. The number of hydrogen-bond acceptors (Lipinski definition) is 2. The van der Waals surface area contributed by atoms with Crippen molar-refractivity contribution in [2.24, 2.45) is 0 Å². The third-order valence-corrected chi connectivity index (χ3v) is 4.12. The van der Waals surface area contributed by atoms with Crippen molar-refractivity contribution in [1.82, 2.24) is 5.32 Å². The first-order valence-electron chi connectivity index (χ1n) is 4.93. The van der Waals surface area contributed by atoms with Crippen LogP contribution >= 0.6 is 45.5 Å².